The number of nitrogens with one attached hydrogen (secondary N) is 2. The van der Waals surface area contributed by atoms with Crippen LogP contribution in [0.5, 0.6) is 0 Å². The van der Waals surface area contributed by atoms with Crippen LogP contribution in [-0.2, 0) is 11.3 Å². The third kappa shape index (κ3) is 4.59. The Bertz CT molecular complexity index is 444. The molecule has 1 aliphatic rings. The number of rotatable bonds is 6. The topological polar surface area (TPSA) is 76.4 Å². The van der Waals surface area contributed by atoms with Crippen LogP contribution in [-0.4, -0.2) is 37.7 Å². The Morgan fingerprint density at radius 2 is 2.45 bits per heavy atom. The molecule has 0 aliphatic carbocycles. The predicted molar refractivity (Wildman–Crippen MR) is 78.5 cm³/mol. The zero-order chi connectivity index (χ0) is 14.4. The third-order valence-corrected chi connectivity index (χ3v) is 3.50. The first-order valence-electron chi connectivity index (χ1n) is 7.08. The maximum absolute atomic E-state index is 11.1. The quantitative estimate of drug-likeness (QED) is 0.713. The number of carbonyl (C=O) groups excluding carboxylic acids is 1. The Hall–Kier alpha value is -1.43. The number of nitrogens with two attached hydrogens (primary N) is 1. The van der Waals surface area contributed by atoms with Crippen LogP contribution < -0.4 is 16.4 Å². The van der Waals surface area contributed by atoms with Crippen molar-refractivity contribution < 1.29 is 9.53 Å². The van der Waals surface area contributed by atoms with Crippen LogP contribution in [0.4, 0.5) is 0 Å². The van der Waals surface area contributed by atoms with Crippen molar-refractivity contribution >= 4 is 5.91 Å². The van der Waals surface area contributed by atoms with Gasteiger partial charge in [0.05, 0.1) is 13.2 Å². The molecule has 2 rings (SSSR count). The molecule has 0 bridgehead atoms. The van der Waals surface area contributed by atoms with Gasteiger partial charge >= 0.3 is 0 Å². The van der Waals surface area contributed by atoms with Gasteiger partial charge in [0.1, 0.15) is 0 Å². The Morgan fingerprint density at radius 3 is 3.15 bits per heavy atom. The molecule has 20 heavy (non-hydrogen) atoms. The second-order valence-electron chi connectivity index (χ2n) is 5.31. The molecule has 1 amide bonds. The molecular formula is C15H23N3O2. The summed E-state index contributed by atoms with van der Waals surface area (Å²) in [7, 11) is 0. The van der Waals surface area contributed by atoms with Crippen molar-refractivity contribution in [3.63, 3.8) is 0 Å². The Balaban J connectivity index is 1.78. The van der Waals surface area contributed by atoms with E-state index >= 15 is 0 Å². The van der Waals surface area contributed by atoms with Crippen molar-refractivity contribution in [3.8, 4) is 0 Å². The lowest BCUT2D eigenvalue weighted by Gasteiger charge is -2.26. The van der Waals surface area contributed by atoms with Crippen LogP contribution in [0.3, 0.4) is 0 Å². The van der Waals surface area contributed by atoms with E-state index in [0.29, 0.717) is 17.6 Å². The van der Waals surface area contributed by atoms with Gasteiger partial charge in [-0.25, -0.2) is 0 Å². The molecular weight excluding hydrogens is 254 g/mol. The lowest BCUT2D eigenvalue weighted by atomic mass is 10.1. The molecule has 2 unspecified atom stereocenters. The highest BCUT2D eigenvalue weighted by molar-refractivity contribution is 5.92. The first kappa shape index (κ1) is 15.0. The van der Waals surface area contributed by atoms with E-state index in [9.17, 15) is 4.79 Å². The van der Waals surface area contributed by atoms with Gasteiger partial charge in [0, 0.05) is 30.7 Å². The predicted octanol–water partition coefficient (Wildman–Crippen LogP) is 0.642. The molecule has 5 heteroatoms. The molecule has 110 valence electrons. The van der Waals surface area contributed by atoms with Gasteiger partial charge in [-0.15, -0.1) is 0 Å². The average molecular weight is 277 g/mol. The molecule has 1 saturated heterocycles. The summed E-state index contributed by atoms with van der Waals surface area (Å²) in [6.07, 6.45) is 1.02. The SMILES string of the molecule is CC(CC1COCCN1)NCc1cccc(C(N)=O)c1. The molecule has 0 saturated carbocycles. The molecule has 1 aromatic carbocycles. The lowest BCUT2D eigenvalue weighted by Crippen LogP contribution is -2.44. The zero-order valence-electron chi connectivity index (χ0n) is 11.9. The summed E-state index contributed by atoms with van der Waals surface area (Å²) in [6.45, 7) is 5.41. The van der Waals surface area contributed by atoms with E-state index in [1.165, 1.54) is 0 Å². The lowest BCUT2D eigenvalue weighted by molar-refractivity contribution is 0.0712. The van der Waals surface area contributed by atoms with Crippen molar-refractivity contribution in [1.82, 2.24) is 10.6 Å². The minimum Gasteiger partial charge on any atom is -0.379 e. The Morgan fingerprint density at radius 1 is 1.60 bits per heavy atom. The van der Waals surface area contributed by atoms with E-state index in [0.717, 1.165) is 38.3 Å². The Kier molecular flexibility index (Phi) is 5.52. The van der Waals surface area contributed by atoms with Crippen LogP contribution >= 0.6 is 0 Å². The van der Waals surface area contributed by atoms with Gasteiger partial charge in [-0.3, -0.25) is 4.79 Å². The van der Waals surface area contributed by atoms with Gasteiger partial charge in [0.15, 0.2) is 0 Å². The smallest absolute Gasteiger partial charge is 0.248 e. The fourth-order valence-corrected chi connectivity index (χ4v) is 2.41. The fourth-order valence-electron chi connectivity index (χ4n) is 2.41. The van der Waals surface area contributed by atoms with Crippen molar-refractivity contribution in [2.24, 2.45) is 5.73 Å². The standard InChI is InChI=1S/C15H23N3O2/c1-11(7-14-10-20-6-5-17-14)18-9-12-3-2-4-13(8-12)15(16)19/h2-4,8,11,14,17-18H,5-7,9-10H2,1H3,(H2,16,19). The van der Waals surface area contributed by atoms with Crippen molar-refractivity contribution in [3.05, 3.63) is 35.4 Å². The van der Waals surface area contributed by atoms with Gasteiger partial charge in [-0.1, -0.05) is 12.1 Å². The normalized spacial score (nSPS) is 20.6. The number of hydrogen-bond acceptors (Lipinski definition) is 4. The first-order valence-corrected chi connectivity index (χ1v) is 7.08. The summed E-state index contributed by atoms with van der Waals surface area (Å²) in [5.41, 5.74) is 6.91. The Labute approximate surface area is 119 Å². The maximum Gasteiger partial charge on any atom is 0.248 e. The highest BCUT2D eigenvalue weighted by Gasteiger charge is 2.15. The highest BCUT2D eigenvalue weighted by Crippen LogP contribution is 2.07. The van der Waals surface area contributed by atoms with E-state index in [2.05, 4.69) is 17.6 Å². The van der Waals surface area contributed by atoms with Crippen LogP contribution in [0.1, 0.15) is 29.3 Å². The van der Waals surface area contributed by atoms with Gasteiger partial charge in [0.25, 0.3) is 0 Å². The van der Waals surface area contributed by atoms with E-state index in [-0.39, 0.29) is 5.91 Å². The highest BCUT2D eigenvalue weighted by atomic mass is 16.5. The number of morpholine rings is 1. The van der Waals surface area contributed by atoms with Crippen LogP contribution in [0.2, 0.25) is 0 Å². The summed E-state index contributed by atoms with van der Waals surface area (Å²) in [5.74, 6) is -0.386. The summed E-state index contributed by atoms with van der Waals surface area (Å²) in [4.78, 5) is 11.1. The van der Waals surface area contributed by atoms with Gasteiger partial charge in [0.2, 0.25) is 5.91 Å². The van der Waals surface area contributed by atoms with E-state index in [4.69, 9.17) is 10.5 Å². The molecule has 0 aromatic heterocycles. The van der Waals surface area contributed by atoms with E-state index < -0.39 is 0 Å². The number of carbonyl (C=O) groups is 1. The van der Waals surface area contributed by atoms with Gasteiger partial charge in [-0.2, -0.15) is 0 Å². The van der Waals surface area contributed by atoms with Crippen molar-refractivity contribution in [2.45, 2.75) is 32.0 Å². The molecule has 5 nitrogen and oxygen atoms in total. The van der Waals surface area contributed by atoms with E-state index in [1.807, 2.05) is 18.2 Å². The maximum atomic E-state index is 11.1. The monoisotopic (exact) mass is 277 g/mol. The number of hydrogen-bond donors (Lipinski definition) is 3. The van der Waals surface area contributed by atoms with Crippen LogP contribution in [0, 0.1) is 0 Å². The second-order valence-corrected chi connectivity index (χ2v) is 5.31. The molecule has 0 spiro atoms. The molecule has 2 atom stereocenters. The summed E-state index contributed by atoms with van der Waals surface area (Å²) >= 11 is 0. The largest absolute Gasteiger partial charge is 0.379 e. The fraction of sp³-hybridized carbons (Fsp3) is 0.533. The first-order chi connectivity index (χ1) is 9.65. The molecule has 4 N–H and O–H groups in total. The average Bonchev–Trinajstić information content (AvgIpc) is 2.46. The number of ether oxygens (including phenoxy) is 1. The summed E-state index contributed by atoms with van der Waals surface area (Å²) in [6, 6.07) is 8.23. The van der Waals surface area contributed by atoms with Gasteiger partial charge in [-0.05, 0) is 31.0 Å². The number of primary amides is 1. The molecule has 1 fully saturated rings. The van der Waals surface area contributed by atoms with Gasteiger partial charge < -0.3 is 21.1 Å². The summed E-state index contributed by atoms with van der Waals surface area (Å²) in [5, 5.41) is 6.91. The van der Waals surface area contributed by atoms with Crippen molar-refractivity contribution in [2.75, 3.05) is 19.8 Å². The van der Waals surface area contributed by atoms with Crippen LogP contribution in [0.15, 0.2) is 24.3 Å². The number of amides is 1. The van der Waals surface area contributed by atoms with Crippen molar-refractivity contribution in [1.29, 1.82) is 0 Å². The molecule has 1 aromatic rings. The molecule has 1 aliphatic heterocycles. The third-order valence-electron chi connectivity index (χ3n) is 3.50. The zero-order valence-corrected chi connectivity index (χ0v) is 11.9. The second kappa shape index (κ2) is 7.38. The number of benzene rings is 1. The minimum atomic E-state index is -0.386. The molecule has 1 heterocycles. The van der Waals surface area contributed by atoms with Crippen LogP contribution in [0.25, 0.3) is 0 Å². The summed E-state index contributed by atoms with van der Waals surface area (Å²) < 4.78 is 5.45. The molecule has 0 radical (unpaired) electrons. The minimum absolute atomic E-state index is 0.381. The van der Waals surface area contributed by atoms with E-state index in [1.54, 1.807) is 6.07 Å².